The van der Waals surface area contributed by atoms with Crippen molar-refractivity contribution in [3.63, 3.8) is 0 Å². The van der Waals surface area contributed by atoms with E-state index in [2.05, 4.69) is 0 Å². The van der Waals surface area contributed by atoms with Crippen LogP contribution in [0.1, 0.15) is 0 Å². The Hall–Kier alpha value is 1.40. The molecular weight excluding hydrogens is 265 g/mol. The second-order valence-electron chi connectivity index (χ2n) is 1.70. The van der Waals surface area contributed by atoms with Crippen molar-refractivity contribution < 1.29 is 13.6 Å². The molecule has 0 aliphatic heterocycles. The lowest BCUT2D eigenvalue weighted by molar-refractivity contribution is 0.205. The fourth-order valence-electron chi connectivity index (χ4n) is 0.332. The van der Waals surface area contributed by atoms with Crippen LogP contribution in [-0.4, -0.2) is 24.6 Å². The summed E-state index contributed by atoms with van der Waals surface area (Å²) in [6, 6.07) is 0. The van der Waals surface area contributed by atoms with Crippen molar-refractivity contribution in [1.82, 2.24) is 0 Å². The topological polar surface area (TPSA) is 27.7 Å². The number of hydrogen-bond donors (Lipinski definition) is 0. The van der Waals surface area contributed by atoms with Crippen LogP contribution < -0.4 is 0 Å². The maximum Gasteiger partial charge on any atom is 0.326 e. The first-order valence-corrected chi connectivity index (χ1v) is 6.45. The molecule has 0 bridgehead atoms. The number of hydrogen-bond acceptors (Lipinski definition) is 4. The molecule has 0 aliphatic carbocycles. The lowest BCUT2D eigenvalue weighted by atomic mass is 10.9. The van der Waals surface area contributed by atoms with Gasteiger partial charge in [-0.25, -0.2) is 0 Å². The third-order valence-corrected chi connectivity index (χ3v) is 3.71. The molecule has 0 aromatic heterocycles. The minimum absolute atomic E-state index is 0.156. The van der Waals surface area contributed by atoms with E-state index >= 15 is 0 Å². The normalized spacial score (nSPS) is 13.4. The zero-order valence-corrected chi connectivity index (χ0v) is 10.4. The Bertz CT molecular complexity index is 175. The maximum atomic E-state index is 5.42. The molecule has 0 N–H and O–H groups in total. The van der Waals surface area contributed by atoms with Crippen LogP contribution in [0.25, 0.3) is 0 Å². The minimum Gasteiger partial charge on any atom is -0.312 e. The number of halogens is 3. The lowest BCUT2D eigenvalue weighted by Crippen LogP contribution is -2.12. The van der Waals surface area contributed by atoms with Gasteiger partial charge in [0.1, 0.15) is 6.61 Å². The third kappa shape index (κ3) is 5.95. The number of alkyl halides is 3. The summed E-state index contributed by atoms with van der Waals surface area (Å²) in [6.45, 7) is -2.85. The van der Waals surface area contributed by atoms with Crippen molar-refractivity contribution in [2.75, 3.05) is 20.8 Å². The zero-order chi connectivity index (χ0) is 9.83. The maximum absolute atomic E-state index is 5.42. The highest BCUT2D eigenvalue weighted by Gasteiger charge is 2.26. The average molecular weight is 274 g/mol. The lowest BCUT2D eigenvalue weighted by Gasteiger charge is -2.19. The van der Waals surface area contributed by atoms with E-state index in [1.165, 1.54) is 14.2 Å². The molecule has 8 heteroatoms. The summed E-state index contributed by atoms with van der Waals surface area (Å²) in [4.78, 5) is 0. The first kappa shape index (κ1) is 13.4. The molecule has 0 saturated carbocycles. The van der Waals surface area contributed by atoms with Crippen molar-refractivity contribution in [2.24, 2.45) is 0 Å². The third-order valence-electron chi connectivity index (χ3n) is 0.834. The van der Waals surface area contributed by atoms with E-state index in [1.54, 1.807) is 0 Å². The molecule has 0 atom stereocenters. The highest BCUT2D eigenvalue weighted by molar-refractivity contribution is 8.07. The standard InChI is InChI=1S/C4H8Cl3O3PS/c1-8-11(12,9-2)10-3-4(5,6)7/h3H2,1-2H3. The molecule has 0 amide bonds. The van der Waals surface area contributed by atoms with Crippen molar-refractivity contribution in [1.29, 1.82) is 0 Å². The van der Waals surface area contributed by atoms with Crippen molar-refractivity contribution in [3.05, 3.63) is 0 Å². The Balaban J connectivity index is 3.99. The minimum atomic E-state index is -2.70. The fraction of sp³-hybridized carbons (Fsp3) is 1.00. The Morgan fingerprint density at radius 2 is 1.67 bits per heavy atom. The summed E-state index contributed by atoms with van der Waals surface area (Å²) in [7, 11) is 2.76. The molecular formula is C4H8Cl3O3PS. The SMILES string of the molecule is COP(=S)(OC)OCC(Cl)(Cl)Cl. The summed E-state index contributed by atoms with van der Waals surface area (Å²) in [5.41, 5.74) is 0. The van der Waals surface area contributed by atoms with Gasteiger partial charge in [0.15, 0.2) is 0 Å². The van der Waals surface area contributed by atoms with Gasteiger partial charge in [-0.05, 0) is 11.8 Å². The molecule has 12 heavy (non-hydrogen) atoms. The molecule has 3 nitrogen and oxygen atoms in total. The van der Waals surface area contributed by atoms with Gasteiger partial charge in [0.2, 0.25) is 3.79 Å². The van der Waals surface area contributed by atoms with Crippen LogP contribution in [0.4, 0.5) is 0 Å². The van der Waals surface area contributed by atoms with Gasteiger partial charge in [-0.1, -0.05) is 34.8 Å². The van der Waals surface area contributed by atoms with Gasteiger partial charge in [-0.3, -0.25) is 0 Å². The zero-order valence-electron chi connectivity index (χ0n) is 6.42. The predicted molar refractivity (Wildman–Crippen MR) is 54.5 cm³/mol. The van der Waals surface area contributed by atoms with Crippen LogP contribution in [0.2, 0.25) is 0 Å². The van der Waals surface area contributed by atoms with Crippen LogP contribution >= 0.6 is 41.5 Å². The molecule has 0 aliphatic rings. The summed E-state index contributed by atoms with van der Waals surface area (Å²) in [5.74, 6) is 0. The largest absolute Gasteiger partial charge is 0.326 e. The molecule has 0 heterocycles. The van der Waals surface area contributed by atoms with Gasteiger partial charge in [0, 0.05) is 14.2 Å². The Kier molecular flexibility index (Phi) is 5.94. The first-order valence-electron chi connectivity index (χ1n) is 2.76. The van der Waals surface area contributed by atoms with Crippen LogP contribution in [0, 0.1) is 0 Å². The molecule has 0 saturated heterocycles. The Morgan fingerprint density at radius 3 is 1.92 bits per heavy atom. The van der Waals surface area contributed by atoms with Crippen LogP contribution in [0.5, 0.6) is 0 Å². The monoisotopic (exact) mass is 272 g/mol. The van der Waals surface area contributed by atoms with Crippen LogP contribution in [-0.2, 0) is 25.4 Å². The van der Waals surface area contributed by atoms with E-state index in [-0.39, 0.29) is 6.61 Å². The number of rotatable bonds is 4. The van der Waals surface area contributed by atoms with Gasteiger partial charge < -0.3 is 13.6 Å². The van der Waals surface area contributed by atoms with Crippen LogP contribution in [0.3, 0.4) is 0 Å². The van der Waals surface area contributed by atoms with Crippen molar-refractivity contribution in [2.45, 2.75) is 3.79 Å². The van der Waals surface area contributed by atoms with Gasteiger partial charge in [-0.15, -0.1) is 0 Å². The molecule has 0 radical (unpaired) electrons. The summed E-state index contributed by atoms with van der Waals surface area (Å²) < 4.78 is 13.1. The van der Waals surface area contributed by atoms with E-state index in [4.69, 9.17) is 60.2 Å². The van der Waals surface area contributed by atoms with Crippen LogP contribution in [0.15, 0.2) is 0 Å². The van der Waals surface area contributed by atoms with Gasteiger partial charge in [-0.2, -0.15) is 0 Å². The highest BCUT2D eigenvalue weighted by atomic mass is 35.6. The van der Waals surface area contributed by atoms with Gasteiger partial charge >= 0.3 is 6.72 Å². The van der Waals surface area contributed by atoms with Crippen molar-refractivity contribution in [3.8, 4) is 0 Å². The molecule has 0 unspecified atom stereocenters. The smallest absolute Gasteiger partial charge is 0.312 e. The van der Waals surface area contributed by atoms with E-state index in [1.807, 2.05) is 0 Å². The highest BCUT2D eigenvalue weighted by Crippen LogP contribution is 2.49. The molecule has 74 valence electrons. The second-order valence-corrected chi connectivity index (χ2v) is 7.44. The molecule has 0 rings (SSSR count). The molecule has 0 aromatic carbocycles. The summed E-state index contributed by atoms with van der Waals surface area (Å²) in [5, 5.41) is 0. The van der Waals surface area contributed by atoms with E-state index in [0.717, 1.165) is 0 Å². The summed E-state index contributed by atoms with van der Waals surface area (Å²) >= 11 is 21.1. The van der Waals surface area contributed by atoms with E-state index in [0.29, 0.717) is 0 Å². The second kappa shape index (κ2) is 5.32. The van der Waals surface area contributed by atoms with E-state index in [9.17, 15) is 0 Å². The fourth-order valence-corrected chi connectivity index (χ4v) is 1.59. The first-order chi connectivity index (χ1) is 5.33. The average Bonchev–Trinajstić information content (AvgIpc) is 1.99. The molecule has 0 fully saturated rings. The molecule has 0 spiro atoms. The predicted octanol–water partition coefficient (Wildman–Crippen LogP) is 2.89. The molecule has 0 aromatic rings. The Morgan fingerprint density at radius 1 is 1.25 bits per heavy atom. The summed E-state index contributed by atoms with van der Waals surface area (Å²) in [6.07, 6.45) is 0. The van der Waals surface area contributed by atoms with Gasteiger partial charge in [0.05, 0.1) is 0 Å². The van der Waals surface area contributed by atoms with E-state index < -0.39 is 10.5 Å². The van der Waals surface area contributed by atoms with Gasteiger partial charge in [0.25, 0.3) is 0 Å². The Labute approximate surface area is 91.5 Å². The quantitative estimate of drug-likeness (QED) is 0.581. The van der Waals surface area contributed by atoms with Crippen molar-refractivity contribution >= 4 is 53.3 Å².